The highest BCUT2D eigenvalue weighted by molar-refractivity contribution is 5.81. The van der Waals surface area contributed by atoms with Crippen LogP contribution in [0.3, 0.4) is 0 Å². The number of nitrogens with one attached hydrogen (secondary N) is 2. The molecule has 0 saturated heterocycles. The molecule has 3 nitrogen and oxygen atoms in total. The number of fused-ring (bicyclic) bond motifs is 1. The summed E-state index contributed by atoms with van der Waals surface area (Å²) in [5, 5.41) is 6.43. The van der Waals surface area contributed by atoms with Crippen molar-refractivity contribution in [3.63, 3.8) is 0 Å². The van der Waals surface area contributed by atoms with Crippen LogP contribution >= 0.6 is 0 Å². The largest absolute Gasteiger partial charge is 0.376 e. The van der Waals surface area contributed by atoms with Crippen molar-refractivity contribution in [2.24, 2.45) is 0 Å². The molecule has 3 heteroatoms. The summed E-state index contributed by atoms with van der Waals surface area (Å²) < 4.78 is 0. The monoisotopic (exact) mass is 308 g/mol. The van der Waals surface area contributed by atoms with Crippen molar-refractivity contribution >= 4 is 11.6 Å². The van der Waals surface area contributed by atoms with E-state index in [0.29, 0.717) is 6.54 Å². The molecule has 120 valence electrons. The highest BCUT2D eigenvalue weighted by atomic mass is 16.1. The number of anilines is 1. The molecule has 0 heterocycles. The van der Waals surface area contributed by atoms with Crippen LogP contribution in [0.4, 0.5) is 5.69 Å². The predicted molar refractivity (Wildman–Crippen MR) is 94.7 cm³/mol. The molecule has 2 aromatic rings. The number of rotatable bonds is 4. The summed E-state index contributed by atoms with van der Waals surface area (Å²) in [6.07, 6.45) is 3.27. The van der Waals surface area contributed by atoms with Gasteiger partial charge in [0.05, 0.1) is 12.6 Å². The van der Waals surface area contributed by atoms with Gasteiger partial charge < -0.3 is 10.6 Å². The molecule has 2 aromatic carbocycles. The molecule has 0 aromatic heterocycles. The van der Waals surface area contributed by atoms with Crippen LogP contribution in [0.5, 0.6) is 0 Å². The fraction of sp³-hybridized carbons (Fsp3) is 0.350. The smallest absolute Gasteiger partial charge is 0.239 e. The normalized spacial score (nSPS) is 16.5. The van der Waals surface area contributed by atoms with Crippen molar-refractivity contribution < 1.29 is 4.79 Å². The number of amides is 1. The fourth-order valence-corrected chi connectivity index (χ4v) is 3.27. The molecule has 1 amide bonds. The second-order valence-electron chi connectivity index (χ2n) is 6.31. The van der Waals surface area contributed by atoms with Gasteiger partial charge >= 0.3 is 0 Å². The first-order valence-corrected chi connectivity index (χ1v) is 8.32. The lowest BCUT2D eigenvalue weighted by Crippen LogP contribution is -2.35. The zero-order valence-corrected chi connectivity index (χ0v) is 13.9. The third kappa shape index (κ3) is 3.55. The SMILES string of the molecule is Cc1cccc(NCC(=O)NC2CCCc3ccccc32)c1C. The van der Waals surface area contributed by atoms with Gasteiger partial charge in [-0.25, -0.2) is 0 Å². The van der Waals surface area contributed by atoms with E-state index in [1.54, 1.807) is 0 Å². The van der Waals surface area contributed by atoms with Gasteiger partial charge in [-0.1, -0.05) is 36.4 Å². The number of carbonyl (C=O) groups excluding carboxylic acids is 1. The van der Waals surface area contributed by atoms with E-state index in [2.05, 4.69) is 54.8 Å². The summed E-state index contributed by atoms with van der Waals surface area (Å²) in [5.74, 6) is 0.0487. The topological polar surface area (TPSA) is 41.1 Å². The molecule has 1 aliphatic rings. The molecule has 0 bridgehead atoms. The minimum atomic E-state index is 0.0487. The Labute approximate surface area is 138 Å². The van der Waals surface area contributed by atoms with Gasteiger partial charge in [0, 0.05) is 5.69 Å². The minimum absolute atomic E-state index is 0.0487. The second kappa shape index (κ2) is 6.86. The van der Waals surface area contributed by atoms with Crippen molar-refractivity contribution in [2.45, 2.75) is 39.2 Å². The van der Waals surface area contributed by atoms with E-state index < -0.39 is 0 Å². The van der Waals surface area contributed by atoms with Crippen molar-refractivity contribution in [1.82, 2.24) is 5.32 Å². The molecule has 1 unspecified atom stereocenters. The quantitative estimate of drug-likeness (QED) is 0.899. The molecule has 0 saturated carbocycles. The van der Waals surface area contributed by atoms with Crippen molar-refractivity contribution in [2.75, 3.05) is 11.9 Å². The van der Waals surface area contributed by atoms with Gasteiger partial charge in [0.15, 0.2) is 0 Å². The molecule has 0 fully saturated rings. The molecule has 0 radical (unpaired) electrons. The third-order valence-corrected chi connectivity index (χ3v) is 4.75. The molecule has 3 rings (SSSR count). The summed E-state index contributed by atoms with van der Waals surface area (Å²) in [6.45, 7) is 4.47. The van der Waals surface area contributed by atoms with Gasteiger partial charge in [0.25, 0.3) is 0 Å². The van der Waals surface area contributed by atoms with Gasteiger partial charge in [-0.05, 0) is 61.4 Å². The second-order valence-corrected chi connectivity index (χ2v) is 6.31. The van der Waals surface area contributed by atoms with Gasteiger partial charge in [0.1, 0.15) is 0 Å². The number of carbonyl (C=O) groups is 1. The maximum absolute atomic E-state index is 12.3. The van der Waals surface area contributed by atoms with E-state index in [1.807, 2.05) is 12.1 Å². The number of hydrogen-bond donors (Lipinski definition) is 2. The van der Waals surface area contributed by atoms with Crippen molar-refractivity contribution in [3.8, 4) is 0 Å². The minimum Gasteiger partial charge on any atom is -0.376 e. The standard InChI is InChI=1S/C20H24N2O/c1-14-7-5-11-18(15(14)2)21-13-20(23)22-19-12-6-9-16-8-3-4-10-17(16)19/h3-5,7-8,10-11,19,21H,6,9,12-13H2,1-2H3,(H,22,23). The Morgan fingerprint density at radius 1 is 1.13 bits per heavy atom. The van der Waals surface area contributed by atoms with Crippen LogP contribution in [0.1, 0.15) is 41.1 Å². The van der Waals surface area contributed by atoms with Gasteiger partial charge in [0.2, 0.25) is 5.91 Å². The molecule has 0 spiro atoms. The summed E-state index contributed by atoms with van der Waals surface area (Å²) in [4.78, 5) is 12.3. The summed E-state index contributed by atoms with van der Waals surface area (Å²) >= 11 is 0. The Balaban J connectivity index is 1.61. The Hall–Kier alpha value is -2.29. The Morgan fingerprint density at radius 3 is 2.83 bits per heavy atom. The van der Waals surface area contributed by atoms with Crippen molar-refractivity contribution in [3.05, 3.63) is 64.7 Å². The van der Waals surface area contributed by atoms with Crippen LogP contribution in [0.15, 0.2) is 42.5 Å². The first-order chi connectivity index (χ1) is 11.1. The maximum Gasteiger partial charge on any atom is 0.239 e. The molecule has 0 aliphatic heterocycles. The van der Waals surface area contributed by atoms with Crippen LogP contribution in [0, 0.1) is 13.8 Å². The van der Waals surface area contributed by atoms with Gasteiger partial charge in [-0.2, -0.15) is 0 Å². The first-order valence-electron chi connectivity index (χ1n) is 8.32. The van der Waals surface area contributed by atoms with E-state index in [0.717, 1.165) is 24.9 Å². The number of benzene rings is 2. The van der Waals surface area contributed by atoms with E-state index in [9.17, 15) is 4.79 Å². The number of aryl methyl sites for hydroxylation is 2. The average molecular weight is 308 g/mol. The Bertz CT molecular complexity index is 709. The van der Waals surface area contributed by atoms with Crippen LogP contribution in [0.2, 0.25) is 0 Å². The molecule has 1 atom stereocenters. The van der Waals surface area contributed by atoms with Crippen LogP contribution in [0.25, 0.3) is 0 Å². The maximum atomic E-state index is 12.3. The fourth-order valence-electron chi connectivity index (χ4n) is 3.27. The van der Waals surface area contributed by atoms with E-state index in [1.165, 1.54) is 22.3 Å². The van der Waals surface area contributed by atoms with Crippen LogP contribution in [-0.4, -0.2) is 12.5 Å². The lowest BCUT2D eigenvalue weighted by molar-refractivity contribution is -0.120. The molecular weight excluding hydrogens is 284 g/mol. The predicted octanol–water partition coefficient (Wildman–Crippen LogP) is 3.91. The van der Waals surface area contributed by atoms with Crippen LogP contribution < -0.4 is 10.6 Å². The first kappa shape index (κ1) is 15.6. The van der Waals surface area contributed by atoms with E-state index >= 15 is 0 Å². The van der Waals surface area contributed by atoms with Crippen LogP contribution in [-0.2, 0) is 11.2 Å². The molecule has 23 heavy (non-hydrogen) atoms. The van der Waals surface area contributed by atoms with Crippen molar-refractivity contribution in [1.29, 1.82) is 0 Å². The summed E-state index contributed by atoms with van der Waals surface area (Å²) in [5.41, 5.74) is 6.11. The zero-order chi connectivity index (χ0) is 16.2. The van der Waals surface area contributed by atoms with Gasteiger partial charge in [-0.3, -0.25) is 4.79 Å². The zero-order valence-electron chi connectivity index (χ0n) is 13.9. The van der Waals surface area contributed by atoms with E-state index in [-0.39, 0.29) is 11.9 Å². The summed E-state index contributed by atoms with van der Waals surface area (Å²) in [6, 6.07) is 14.7. The average Bonchev–Trinajstić information content (AvgIpc) is 2.56. The molecular formula is C20H24N2O. The molecule has 2 N–H and O–H groups in total. The lowest BCUT2D eigenvalue weighted by Gasteiger charge is -2.26. The Kier molecular flexibility index (Phi) is 4.65. The summed E-state index contributed by atoms with van der Waals surface area (Å²) in [7, 11) is 0. The van der Waals surface area contributed by atoms with E-state index in [4.69, 9.17) is 0 Å². The number of hydrogen-bond acceptors (Lipinski definition) is 2. The highest BCUT2D eigenvalue weighted by Crippen LogP contribution is 2.29. The highest BCUT2D eigenvalue weighted by Gasteiger charge is 2.21. The Morgan fingerprint density at radius 2 is 1.96 bits per heavy atom. The lowest BCUT2D eigenvalue weighted by atomic mass is 9.88. The third-order valence-electron chi connectivity index (χ3n) is 4.75. The van der Waals surface area contributed by atoms with Gasteiger partial charge in [-0.15, -0.1) is 0 Å². The molecule has 1 aliphatic carbocycles.